The normalized spacial score (nSPS) is 26.7. The van der Waals surface area contributed by atoms with Gasteiger partial charge in [0.1, 0.15) is 0 Å². The van der Waals surface area contributed by atoms with Gasteiger partial charge < -0.3 is 10.2 Å². The van der Waals surface area contributed by atoms with Crippen molar-refractivity contribution in [3.05, 3.63) is 18.2 Å². The second kappa shape index (κ2) is 4.74. The lowest BCUT2D eigenvalue weighted by atomic mass is 9.94. The maximum absolute atomic E-state index is 12.6. The third kappa shape index (κ3) is 2.66. The fraction of sp³-hybridized carbons (Fsp3) is 0.636. The molecule has 2 rings (SSSR count). The van der Waals surface area contributed by atoms with Crippen LogP contribution in [0.15, 0.2) is 12.4 Å². The Hall–Kier alpha value is -1.23. The second-order valence-corrected chi connectivity index (χ2v) is 4.50. The van der Waals surface area contributed by atoms with Gasteiger partial charge in [0.05, 0.1) is 12.4 Å². The van der Waals surface area contributed by atoms with E-state index in [9.17, 15) is 4.39 Å². The van der Waals surface area contributed by atoms with E-state index < -0.39 is 5.82 Å². The number of aromatic nitrogens is 2. The maximum Gasteiger partial charge on any atom is 0.223 e. The molecule has 2 atom stereocenters. The van der Waals surface area contributed by atoms with Gasteiger partial charge in [-0.2, -0.15) is 0 Å². The molecule has 1 fully saturated rings. The highest BCUT2D eigenvalue weighted by Crippen LogP contribution is 2.18. The first-order valence-corrected chi connectivity index (χ1v) is 5.58. The third-order valence-corrected chi connectivity index (χ3v) is 3.04. The first-order valence-electron chi connectivity index (χ1n) is 5.58. The zero-order valence-corrected chi connectivity index (χ0v) is 9.65. The van der Waals surface area contributed by atoms with Gasteiger partial charge in [-0.3, -0.25) is 0 Å². The van der Waals surface area contributed by atoms with Crippen molar-refractivity contribution < 1.29 is 4.39 Å². The van der Waals surface area contributed by atoms with Gasteiger partial charge in [0, 0.05) is 12.6 Å². The van der Waals surface area contributed by atoms with Crippen LogP contribution in [0.4, 0.5) is 10.3 Å². The van der Waals surface area contributed by atoms with Gasteiger partial charge in [-0.05, 0) is 25.9 Å². The van der Waals surface area contributed by atoms with E-state index in [4.69, 9.17) is 0 Å². The molecule has 1 aromatic heterocycles. The van der Waals surface area contributed by atoms with E-state index in [1.807, 2.05) is 0 Å². The van der Waals surface area contributed by atoms with Gasteiger partial charge in [0.15, 0.2) is 5.82 Å². The quantitative estimate of drug-likeness (QED) is 0.823. The lowest BCUT2D eigenvalue weighted by Gasteiger charge is -2.35. The topological polar surface area (TPSA) is 41.0 Å². The van der Waals surface area contributed by atoms with Crippen LogP contribution in [0.2, 0.25) is 0 Å². The zero-order chi connectivity index (χ0) is 11.5. The first kappa shape index (κ1) is 11.3. The summed E-state index contributed by atoms with van der Waals surface area (Å²) in [4.78, 5) is 10.1. The van der Waals surface area contributed by atoms with Crippen molar-refractivity contribution >= 4 is 5.95 Å². The van der Waals surface area contributed by atoms with Crippen LogP contribution in [0.3, 0.4) is 0 Å². The highest BCUT2D eigenvalue weighted by atomic mass is 19.1. The Morgan fingerprint density at radius 3 is 2.75 bits per heavy atom. The zero-order valence-electron chi connectivity index (χ0n) is 9.65. The predicted octanol–water partition coefficient (Wildman–Crippen LogP) is 1.37. The monoisotopic (exact) mass is 224 g/mol. The number of nitrogens with zero attached hydrogens (tertiary/aromatic N) is 3. The third-order valence-electron chi connectivity index (χ3n) is 3.04. The number of piperidine rings is 1. The fourth-order valence-corrected chi connectivity index (χ4v) is 2.12. The minimum atomic E-state index is -0.401. The molecule has 1 saturated heterocycles. The van der Waals surface area contributed by atoms with E-state index in [2.05, 4.69) is 34.2 Å². The molecular formula is C11H17FN4. The summed E-state index contributed by atoms with van der Waals surface area (Å²) < 4.78 is 12.6. The van der Waals surface area contributed by atoms with Crippen molar-refractivity contribution in [3.8, 4) is 0 Å². The molecule has 2 unspecified atom stereocenters. The number of hydrogen-bond donors (Lipinski definition) is 1. The predicted molar refractivity (Wildman–Crippen MR) is 60.7 cm³/mol. The van der Waals surface area contributed by atoms with E-state index in [1.165, 1.54) is 12.4 Å². The first-order chi connectivity index (χ1) is 7.65. The van der Waals surface area contributed by atoms with Gasteiger partial charge in [0.25, 0.3) is 0 Å². The Morgan fingerprint density at radius 2 is 2.12 bits per heavy atom. The summed E-state index contributed by atoms with van der Waals surface area (Å²) in [5, 5.41) is 3.26. The van der Waals surface area contributed by atoms with Crippen molar-refractivity contribution in [1.82, 2.24) is 14.9 Å². The maximum atomic E-state index is 12.6. The highest BCUT2D eigenvalue weighted by Gasteiger charge is 2.24. The molecule has 0 saturated carbocycles. The van der Waals surface area contributed by atoms with Crippen LogP contribution in [0, 0.1) is 11.7 Å². The van der Waals surface area contributed by atoms with Gasteiger partial charge in [0.2, 0.25) is 5.95 Å². The van der Waals surface area contributed by atoms with E-state index >= 15 is 0 Å². The molecule has 5 heteroatoms. The average molecular weight is 224 g/mol. The number of hydrogen-bond acceptors (Lipinski definition) is 4. The Kier molecular flexibility index (Phi) is 3.33. The molecule has 4 nitrogen and oxygen atoms in total. The molecule has 2 heterocycles. The van der Waals surface area contributed by atoms with Crippen molar-refractivity contribution in [2.75, 3.05) is 25.5 Å². The smallest absolute Gasteiger partial charge is 0.223 e. The Morgan fingerprint density at radius 1 is 1.44 bits per heavy atom. The van der Waals surface area contributed by atoms with Crippen molar-refractivity contribution in [2.24, 2.45) is 5.92 Å². The van der Waals surface area contributed by atoms with E-state index in [0.29, 0.717) is 17.9 Å². The Bertz CT molecular complexity index is 340. The van der Waals surface area contributed by atoms with Crippen LogP contribution < -0.4 is 5.32 Å². The standard InChI is InChI=1S/C11H17FN4/c1-8-7-16(2)4-3-10(8)15-11-13-5-9(12)6-14-11/h5-6,8,10H,3-4,7H2,1-2H3,(H,13,14,15). The average Bonchev–Trinajstić information content (AvgIpc) is 2.25. The highest BCUT2D eigenvalue weighted by molar-refractivity contribution is 5.25. The number of rotatable bonds is 2. The van der Waals surface area contributed by atoms with E-state index in [0.717, 1.165) is 19.5 Å². The second-order valence-electron chi connectivity index (χ2n) is 4.50. The summed E-state index contributed by atoms with van der Waals surface area (Å²) in [7, 11) is 2.13. The molecule has 1 aliphatic rings. The molecular weight excluding hydrogens is 207 g/mol. The summed E-state index contributed by atoms with van der Waals surface area (Å²) in [6.07, 6.45) is 3.45. The van der Waals surface area contributed by atoms with Crippen molar-refractivity contribution in [2.45, 2.75) is 19.4 Å². The molecule has 0 aromatic carbocycles. The molecule has 1 N–H and O–H groups in total. The largest absolute Gasteiger partial charge is 0.351 e. The Balaban J connectivity index is 1.96. The lowest BCUT2D eigenvalue weighted by Crippen LogP contribution is -2.43. The van der Waals surface area contributed by atoms with E-state index in [1.54, 1.807) is 0 Å². The van der Waals surface area contributed by atoms with Crippen LogP contribution in [0.1, 0.15) is 13.3 Å². The molecule has 0 spiro atoms. The molecule has 0 radical (unpaired) electrons. The number of nitrogens with one attached hydrogen (secondary N) is 1. The van der Waals surface area contributed by atoms with E-state index in [-0.39, 0.29) is 0 Å². The summed E-state index contributed by atoms with van der Waals surface area (Å²) in [6, 6.07) is 0.377. The molecule has 16 heavy (non-hydrogen) atoms. The lowest BCUT2D eigenvalue weighted by molar-refractivity contribution is 0.205. The van der Waals surface area contributed by atoms with Gasteiger partial charge >= 0.3 is 0 Å². The summed E-state index contributed by atoms with van der Waals surface area (Å²) in [6.45, 7) is 4.35. The minimum Gasteiger partial charge on any atom is -0.351 e. The number of likely N-dealkylation sites (tertiary alicyclic amines) is 1. The number of halogens is 1. The molecule has 0 bridgehead atoms. The summed E-state index contributed by atoms with van der Waals surface area (Å²) in [5.41, 5.74) is 0. The van der Waals surface area contributed by atoms with Crippen LogP contribution in [0.25, 0.3) is 0 Å². The molecule has 88 valence electrons. The van der Waals surface area contributed by atoms with Crippen LogP contribution >= 0.6 is 0 Å². The molecule has 1 aliphatic heterocycles. The summed E-state index contributed by atoms with van der Waals surface area (Å²) in [5.74, 6) is 0.664. The molecule has 1 aromatic rings. The van der Waals surface area contributed by atoms with Gasteiger partial charge in [-0.1, -0.05) is 6.92 Å². The van der Waals surface area contributed by atoms with Crippen LogP contribution in [0.5, 0.6) is 0 Å². The van der Waals surface area contributed by atoms with Gasteiger partial charge in [-0.25, -0.2) is 14.4 Å². The van der Waals surface area contributed by atoms with Crippen molar-refractivity contribution in [3.63, 3.8) is 0 Å². The number of anilines is 1. The Labute approximate surface area is 94.9 Å². The van der Waals surface area contributed by atoms with Crippen LogP contribution in [-0.2, 0) is 0 Å². The van der Waals surface area contributed by atoms with Gasteiger partial charge in [-0.15, -0.1) is 0 Å². The minimum absolute atomic E-state index is 0.377. The van der Waals surface area contributed by atoms with Crippen molar-refractivity contribution in [1.29, 1.82) is 0 Å². The fourth-order valence-electron chi connectivity index (χ4n) is 2.12. The SMILES string of the molecule is CC1CN(C)CCC1Nc1ncc(F)cn1. The molecule has 0 aliphatic carbocycles. The van der Waals surface area contributed by atoms with Crippen LogP contribution in [-0.4, -0.2) is 41.0 Å². The summed E-state index contributed by atoms with van der Waals surface area (Å²) >= 11 is 0. The molecule has 0 amide bonds.